The Morgan fingerprint density at radius 1 is 0.963 bits per heavy atom. The van der Waals surface area contributed by atoms with Gasteiger partial charge in [0.1, 0.15) is 17.3 Å². The molecule has 27 heavy (non-hydrogen) atoms. The predicted octanol–water partition coefficient (Wildman–Crippen LogP) is 4.69. The molecule has 0 unspecified atom stereocenters. The van der Waals surface area contributed by atoms with Crippen molar-refractivity contribution in [3.05, 3.63) is 0 Å². The van der Waals surface area contributed by atoms with E-state index in [4.69, 9.17) is 14.2 Å². The van der Waals surface area contributed by atoms with Crippen LogP contribution in [0.3, 0.4) is 0 Å². The van der Waals surface area contributed by atoms with Crippen LogP contribution in [0.4, 0.5) is 4.79 Å². The average molecular weight is 386 g/mol. The number of piperidine rings is 1. The molecule has 158 valence electrons. The number of carbonyl (C=O) groups excluding carboxylic acids is 2. The van der Waals surface area contributed by atoms with Crippen molar-refractivity contribution in [2.45, 2.75) is 117 Å². The third-order valence-corrected chi connectivity index (χ3v) is 4.94. The Labute approximate surface area is 164 Å². The van der Waals surface area contributed by atoms with Crippen LogP contribution >= 0.6 is 0 Å². The number of ether oxygens (including phenoxy) is 3. The van der Waals surface area contributed by atoms with Crippen molar-refractivity contribution in [2.24, 2.45) is 0 Å². The zero-order chi connectivity index (χ0) is 21.3. The highest BCUT2D eigenvalue weighted by Gasteiger charge is 2.46. The minimum Gasteiger partial charge on any atom is -0.462 e. The molecule has 0 aromatic heterocycles. The fourth-order valence-electron chi connectivity index (χ4n) is 4.08. The van der Waals surface area contributed by atoms with Crippen molar-refractivity contribution in [3.63, 3.8) is 0 Å². The number of likely N-dealkylation sites (tertiary alicyclic amines) is 1. The molecule has 1 aliphatic heterocycles. The summed E-state index contributed by atoms with van der Waals surface area (Å²) in [7, 11) is 0. The summed E-state index contributed by atoms with van der Waals surface area (Å²) in [6.45, 7) is 20.2. The van der Waals surface area contributed by atoms with Crippen molar-refractivity contribution >= 4 is 12.1 Å². The molecule has 0 spiro atoms. The lowest BCUT2D eigenvalue weighted by molar-refractivity contribution is -0.158. The molecule has 6 heteroatoms. The standard InChI is InChI=1S/C21H39NO5/c1-15(23)25-16-13-19(5,6)22(20(7,8)14-16)12-11-21(9,10)27-17(24)26-18(2,3)4/h16H,11-14H2,1-10H3. The van der Waals surface area contributed by atoms with E-state index < -0.39 is 17.4 Å². The molecule has 0 N–H and O–H groups in total. The monoisotopic (exact) mass is 385 g/mol. The van der Waals surface area contributed by atoms with Crippen LogP contribution in [0.5, 0.6) is 0 Å². The van der Waals surface area contributed by atoms with Gasteiger partial charge >= 0.3 is 12.1 Å². The van der Waals surface area contributed by atoms with Gasteiger partial charge in [-0.1, -0.05) is 0 Å². The van der Waals surface area contributed by atoms with E-state index in [0.29, 0.717) is 6.42 Å². The molecular weight excluding hydrogens is 346 g/mol. The van der Waals surface area contributed by atoms with Gasteiger partial charge in [0.2, 0.25) is 0 Å². The zero-order valence-corrected chi connectivity index (χ0v) is 18.9. The Morgan fingerprint density at radius 3 is 1.85 bits per heavy atom. The van der Waals surface area contributed by atoms with Gasteiger partial charge in [-0.2, -0.15) is 0 Å². The quantitative estimate of drug-likeness (QED) is 0.640. The highest BCUT2D eigenvalue weighted by molar-refractivity contribution is 5.66. The highest BCUT2D eigenvalue weighted by Crippen LogP contribution is 2.40. The number of esters is 1. The molecule has 1 aliphatic rings. The van der Waals surface area contributed by atoms with Crippen LogP contribution < -0.4 is 0 Å². The third kappa shape index (κ3) is 7.68. The smallest absolute Gasteiger partial charge is 0.462 e. The predicted molar refractivity (Wildman–Crippen MR) is 106 cm³/mol. The van der Waals surface area contributed by atoms with E-state index >= 15 is 0 Å². The van der Waals surface area contributed by atoms with E-state index in [-0.39, 0.29) is 23.2 Å². The number of carbonyl (C=O) groups is 2. The van der Waals surface area contributed by atoms with Crippen molar-refractivity contribution in [1.29, 1.82) is 0 Å². The number of nitrogens with zero attached hydrogens (tertiary/aromatic N) is 1. The first-order chi connectivity index (χ1) is 11.9. The van der Waals surface area contributed by atoms with Gasteiger partial charge in [0.15, 0.2) is 0 Å². The number of hydrogen-bond donors (Lipinski definition) is 0. The van der Waals surface area contributed by atoms with E-state index in [1.165, 1.54) is 6.92 Å². The number of rotatable bonds is 5. The summed E-state index contributed by atoms with van der Waals surface area (Å²) in [6.07, 6.45) is 1.53. The van der Waals surface area contributed by atoms with Gasteiger partial charge in [0.05, 0.1) is 0 Å². The van der Waals surface area contributed by atoms with Crippen LogP contribution in [0.2, 0.25) is 0 Å². The summed E-state index contributed by atoms with van der Waals surface area (Å²) in [5.41, 5.74) is -1.48. The first kappa shape index (κ1) is 23.7. The summed E-state index contributed by atoms with van der Waals surface area (Å²) in [5, 5.41) is 0. The fraction of sp³-hybridized carbons (Fsp3) is 0.905. The maximum atomic E-state index is 12.0. The Balaban J connectivity index is 2.76. The first-order valence-electron chi connectivity index (χ1n) is 9.81. The molecule has 0 aromatic carbocycles. The lowest BCUT2D eigenvalue weighted by Crippen LogP contribution is -2.63. The van der Waals surface area contributed by atoms with Gasteiger partial charge in [0, 0.05) is 37.4 Å². The Kier molecular flexibility index (Phi) is 7.01. The molecule has 1 saturated heterocycles. The van der Waals surface area contributed by atoms with Crippen LogP contribution in [0.1, 0.15) is 88.5 Å². The van der Waals surface area contributed by atoms with Crippen molar-refractivity contribution in [3.8, 4) is 0 Å². The second-order valence-corrected chi connectivity index (χ2v) is 10.5. The summed E-state index contributed by atoms with van der Waals surface area (Å²) < 4.78 is 16.3. The van der Waals surface area contributed by atoms with Crippen LogP contribution in [0, 0.1) is 0 Å². The lowest BCUT2D eigenvalue weighted by atomic mass is 9.77. The lowest BCUT2D eigenvalue weighted by Gasteiger charge is -2.55. The molecule has 0 aliphatic carbocycles. The average Bonchev–Trinajstić information content (AvgIpc) is 2.30. The van der Waals surface area contributed by atoms with Crippen LogP contribution in [-0.4, -0.2) is 52.0 Å². The highest BCUT2D eigenvalue weighted by atomic mass is 16.7. The first-order valence-corrected chi connectivity index (χ1v) is 9.81. The van der Waals surface area contributed by atoms with Crippen molar-refractivity contribution in [2.75, 3.05) is 6.54 Å². The fourth-order valence-corrected chi connectivity index (χ4v) is 4.08. The molecule has 1 rings (SSSR count). The van der Waals surface area contributed by atoms with Gasteiger partial charge in [0.25, 0.3) is 0 Å². The number of hydrogen-bond acceptors (Lipinski definition) is 6. The van der Waals surface area contributed by atoms with Crippen LogP contribution in [0.15, 0.2) is 0 Å². The zero-order valence-electron chi connectivity index (χ0n) is 18.9. The maximum Gasteiger partial charge on any atom is 0.509 e. The molecule has 0 radical (unpaired) electrons. The van der Waals surface area contributed by atoms with Crippen molar-refractivity contribution < 1.29 is 23.8 Å². The second-order valence-electron chi connectivity index (χ2n) is 10.5. The van der Waals surface area contributed by atoms with Crippen LogP contribution in [-0.2, 0) is 19.0 Å². The largest absolute Gasteiger partial charge is 0.509 e. The summed E-state index contributed by atoms with van der Waals surface area (Å²) >= 11 is 0. The molecule has 0 amide bonds. The van der Waals surface area contributed by atoms with Gasteiger partial charge in [-0.15, -0.1) is 0 Å². The Bertz CT molecular complexity index is 527. The second kappa shape index (κ2) is 7.98. The molecule has 1 heterocycles. The van der Waals surface area contributed by atoms with Gasteiger partial charge in [-0.25, -0.2) is 4.79 Å². The Hall–Kier alpha value is -1.30. The van der Waals surface area contributed by atoms with E-state index in [1.54, 1.807) is 0 Å². The van der Waals surface area contributed by atoms with Gasteiger partial charge in [-0.3, -0.25) is 9.69 Å². The topological polar surface area (TPSA) is 65.1 Å². The van der Waals surface area contributed by atoms with Gasteiger partial charge < -0.3 is 14.2 Å². The maximum absolute atomic E-state index is 12.0. The SMILES string of the molecule is CC(=O)OC1CC(C)(C)N(CCC(C)(C)OC(=O)OC(C)(C)C)C(C)(C)C1. The van der Waals surface area contributed by atoms with E-state index in [1.807, 2.05) is 34.6 Å². The van der Waals surface area contributed by atoms with E-state index in [2.05, 4.69) is 32.6 Å². The summed E-state index contributed by atoms with van der Waals surface area (Å²) in [6, 6.07) is 0. The molecule has 6 nitrogen and oxygen atoms in total. The van der Waals surface area contributed by atoms with Gasteiger partial charge in [-0.05, 0) is 68.7 Å². The van der Waals surface area contributed by atoms with Crippen molar-refractivity contribution in [1.82, 2.24) is 4.90 Å². The van der Waals surface area contributed by atoms with Crippen LogP contribution in [0.25, 0.3) is 0 Å². The summed E-state index contributed by atoms with van der Waals surface area (Å²) in [5.74, 6) is -0.230. The molecule has 1 fully saturated rings. The molecular formula is C21H39NO5. The third-order valence-electron chi connectivity index (χ3n) is 4.94. The van der Waals surface area contributed by atoms with E-state index in [9.17, 15) is 9.59 Å². The summed E-state index contributed by atoms with van der Waals surface area (Å²) in [4.78, 5) is 25.8. The minimum atomic E-state index is -0.639. The molecule has 0 bridgehead atoms. The van der Waals surface area contributed by atoms with E-state index in [0.717, 1.165) is 19.4 Å². The molecule has 0 saturated carbocycles. The molecule has 0 aromatic rings. The minimum absolute atomic E-state index is 0.0743. The molecule has 0 atom stereocenters. The Morgan fingerprint density at radius 2 is 1.44 bits per heavy atom. The normalized spacial score (nSPS) is 20.8.